The molecule has 0 aliphatic carbocycles. The van der Waals surface area contributed by atoms with Crippen LogP contribution in [0, 0.1) is 40.8 Å². The van der Waals surface area contributed by atoms with Crippen LogP contribution in [-0.2, 0) is 52.2 Å². The van der Waals surface area contributed by atoms with E-state index in [1.165, 1.54) is 0 Å². The van der Waals surface area contributed by atoms with Crippen LogP contribution in [0.25, 0.3) is 0 Å². The molecule has 0 N–H and O–H groups in total. The second-order valence-corrected chi connectivity index (χ2v) is 0. The van der Waals surface area contributed by atoms with E-state index < -0.39 is 0 Å². The largest absolute Gasteiger partial charge is 2.00 e. The monoisotopic (exact) mass is 321 g/mol. The van der Waals surface area contributed by atoms with Crippen molar-refractivity contribution in [3.8, 4) is 0 Å². The summed E-state index contributed by atoms with van der Waals surface area (Å²) in [5.74, 6) is 0. The topological polar surface area (TPSA) is 0 Å². The standard InChI is InChI=1S/Mg.Nd.Y.Zn.2H/q+2;;;;2*-1. The second kappa shape index (κ2) is 15.8. The zero-order chi connectivity index (χ0) is 0. The third-order valence-electron chi connectivity index (χ3n) is 0. The van der Waals surface area contributed by atoms with Crippen molar-refractivity contribution < 1.29 is 95.9 Å². The zero-order valence-electron chi connectivity index (χ0n) is 4.49. The number of hydrogen-bond donors (Lipinski definition) is 0. The fourth-order valence-corrected chi connectivity index (χ4v) is 0. The molecule has 4 heteroatoms. The van der Waals surface area contributed by atoms with E-state index in [4.69, 9.17) is 0 Å². The molecule has 0 aliphatic rings. The molecule has 0 amide bonds. The molecule has 0 nitrogen and oxygen atoms in total. The van der Waals surface area contributed by atoms with Crippen LogP contribution in [0.5, 0.6) is 0 Å². The van der Waals surface area contributed by atoms with Gasteiger partial charge in [-0.2, -0.15) is 0 Å². The van der Waals surface area contributed by atoms with Gasteiger partial charge in [-0.25, -0.2) is 0 Å². The predicted octanol–water partition coefficient (Wildman–Crippen LogP) is -0.161. The van der Waals surface area contributed by atoms with Crippen LogP contribution in [0.2, 0.25) is 0 Å². The molecule has 0 aliphatic heterocycles. The van der Waals surface area contributed by atoms with Crippen molar-refractivity contribution in [3.63, 3.8) is 0 Å². The van der Waals surface area contributed by atoms with Crippen molar-refractivity contribution in [2.24, 2.45) is 0 Å². The molecule has 4 heavy (non-hydrogen) atoms. The van der Waals surface area contributed by atoms with E-state index in [2.05, 4.69) is 0 Å². The quantitative estimate of drug-likeness (QED) is 0.543. The van der Waals surface area contributed by atoms with Crippen LogP contribution in [0.3, 0.4) is 0 Å². The van der Waals surface area contributed by atoms with Crippen molar-refractivity contribution in [2.45, 2.75) is 0 Å². The Bertz CT molecular complexity index is 13.5. The summed E-state index contributed by atoms with van der Waals surface area (Å²) in [6, 6.07) is 0. The number of rotatable bonds is 0. The van der Waals surface area contributed by atoms with Gasteiger partial charge in [-0.1, -0.05) is 0 Å². The van der Waals surface area contributed by atoms with Crippen molar-refractivity contribution >= 4 is 23.1 Å². The fourth-order valence-electron chi connectivity index (χ4n) is 0. The van der Waals surface area contributed by atoms with Crippen LogP contribution < -0.4 is 0 Å². The van der Waals surface area contributed by atoms with Gasteiger partial charge in [0, 0.05) is 93.0 Å². The Kier molecular flexibility index (Phi) is 98.3. The van der Waals surface area contributed by atoms with E-state index in [1.54, 1.807) is 0 Å². The van der Waals surface area contributed by atoms with E-state index in [0.29, 0.717) is 0 Å². The van der Waals surface area contributed by atoms with Gasteiger partial charge < -0.3 is 2.85 Å². The summed E-state index contributed by atoms with van der Waals surface area (Å²) in [6.45, 7) is 0. The number of hydrogen-bond acceptors (Lipinski definition) is 0. The maximum absolute atomic E-state index is 0. The van der Waals surface area contributed by atoms with Gasteiger partial charge in [0.25, 0.3) is 0 Å². The first-order valence-electron chi connectivity index (χ1n) is 0. The normalized spacial score (nSPS) is 0. The van der Waals surface area contributed by atoms with Gasteiger partial charge in [0.2, 0.25) is 0 Å². The molecule has 0 aromatic carbocycles. The molecule has 0 atom stereocenters. The molecule has 0 heterocycles. The Morgan fingerprint density at radius 3 is 1.25 bits per heavy atom. The molecule has 0 fully saturated rings. The smallest absolute Gasteiger partial charge is 1.00 e. The van der Waals surface area contributed by atoms with Gasteiger partial charge in [0.15, 0.2) is 0 Å². The molecular formula is H2MgNdYZn. The van der Waals surface area contributed by atoms with Crippen LogP contribution in [-0.4, -0.2) is 23.1 Å². The van der Waals surface area contributed by atoms with Crippen molar-refractivity contribution in [1.82, 2.24) is 0 Å². The van der Waals surface area contributed by atoms with Crippen LogP contribution in [0.4, 0.5) is 0 Å². The van der Waals surface area contributed by atoms with E-state index in [9.17, 15) is 0 Å². The first kappa shape index (κ1) is 24.9. The van der Waals surface area contributed by atoms with E-state index in [-0.39, 0.29) is 119 Å². The second-order valence-electron chi connectivity index (χ2n) is 0. The first-order valence-corrected chi connectivity index (χ1v) is 0. The van der Waals surface area contributed by atoms with Crippen molar-refractivity contribution in [2.75, 3.05) is 0 Å². The maximum Gasteiger partial charge on any atom is 2.00 e. The summed E-state index contributed by atoms with van der Waals surface area (Å²) in [4.78, 5) is 0. The molecule has 0 bridgehead atoms. The van der Waals surface area contributed by atoms with Gasteiger partial charge in [-0.05, 0) is 0 Å². The van der Waals surface area contributed by atoms with E-state index in [0.717, 1.165) is 0 Å². The molecule has 0 unspecified atom stereocenters. The van der Waals surface area contributed by atoms with Gasteiger partial charge in [0.1, 0.15) is 0 Å². The van der Waals surface area contributed by atoms with Crippen LogP contribution in [0.15, 0.2) is 0 Å². The third-order valence-corrected chi connectivity index (χ3v) is 0. The Hall–Kier alpha value is 3.84. The van der Waals surface area contributed by atoms with E-state index in [1.807, 2.05) is 0 Å². The summed E-state index contributed by atoms with van der Waals surface area (Å²) < 4.78 is 0. The van der Waals surface area contributed by atoms with Crippen molar-refractivity contribution in [3.05, 3.63) is 0 Å². The molecule has 0 spiro atoms. The molecule has 13 valence electrons. The fraction of sp³-hybridized carbons (Fsp3) is 0. The SMILES string of the molecule is [H-].[H-].[Mg+2].[Nd].[Y].[Zn]. The van der Waals surface area contributed by atoms with Gasteiger partial charge in [-0.3, -0.25) is 0 Å². The molecule has 0 rings (SSSR count). The predicted molar refractivity (Wildman–Crippen MR) is 7.98 cm³/mol. The Balaban J connectivity index is 0. The van der Waals surface area contributed by atoms with Gasteiger partial charge >= 0.3 is 23.1 Å². The summed E-state index contributed by atoms with van der Waals surface area (Å²) in [6.07, 6.45) is 0. The van der Waals surface area contributed by atoms with Crippen LogP contribution in [0.1, 0.15) is 2.85 Å². The Morgan fingerprint density at radius 1 is 1.25 bits per heavy atom. The third kappa shape index (κ3) is 9.28. The van der Waals surface area contributed by atoms with E-state index >= 15 is 0 Å². The summed E-state index contributed by atoms with van der Waals surface area (Å²) in [7, 11) is 0. The molecule has 0 aromatic heterocycles. The summed E-state index contributed by atoms with van der Waals surface area (Å²) >= 11 is 0. The molecule has 0 saturated heterocycles. The minimum Gasteiger partial charge on any atom is -1.00 e. The van der Waals surface area contributed by atoms with Crippen molar-refractivity contribution in [1.29, 1.82) is 0 Å². The average Bonchev–Trinajstić information content (AvgIpc) is 0. The molecule has 0 aromatic rings. The first-order chi connectivity index (χ1) is 0. The zero-order valence-corrected chi connectivity index (χ0v) is 12.9. The van der Waals surface area contributed by atoms with Gasteiger partial charge in [-0.15, -0.1) is 0 Å². The molecular weight excluding hydrogens is 323 g/mol. The Labute approximate surface area is 116 Å². The maximum atomic E-state index is 0. The summed E-state index contributed by atoms with van der Waals surface area (Å²) in [5.41, 5.74) is 0. The molecule has 0 saturated carbocycles. The Morgan fingerprint density at radius 2 is 1.25 bits per heavy atom. The minimum atomic E-state index is 0. The summed E-state index contributed by atoms with van der Waals surface area (Å²) in [5, 5.41) is 0. The minimum absolute atomic E-state index is 0. The van der Waals surface area contributed by atoms with Gasteiger partial charge in [0.05, 0.1) is 0 Å². The van der Waals surface area contributed by atoms with Crippen LogP contribution >= 0.6 is 0 Å². The average molecular weight is 325 g/mol. The molecule has 1 radical (unpaired) electrons.